The van der Waals surface area contributed by atoms with Gasteiger partial charge in [-0.3, -0.25) is 9.80 Å². The van der Waals surface area contributed by atoms with Crippen LogP contribution in [-0.4, -0.2) is 58.6 Å². The fourth-order valence-electron chi connectivity index (χ4n) is 2.14. The molecule has 1 heterocycles. The highest BCUT2D eigenvalue weighted by Gasteiger charge is 2.36. The van der Waals surface area contributed by atoms with Crippen molar-refractivity contribution >= 4 is 6.09 Å². The standard InChI is InChI=1S/C11H20F2N2O2/c1-11(2,3)14-5-4-8(6-14)15(10(16)17)7-9(12)13/h8-9H,4-7H2,1-3H3,(H,16,17)/t8-/m1/s1. The van der Waals surface area contributed by atoms with E-state index in [2.05, 4.69) is 4.90 Å². The van der Waals surface area contributed by atoms with Gasteiger partial charge in [0.25, 0.3) is 6.43 Å². The summed E-state index contributed by atoms with van der Waals surface area (Å²) in [5, 5.41) is 8.95. The molecule has 0 saturated carbocycles. The van der Waals surface area contributed by atoms with E-state index in [1.165, 1.54) is 0 Å². The first-order valence-electron chi connectivity index (χ1n) is 5.74. The molecule has 1 aliphatic heterocycles. The van der Waals surface area contributed by atoms with E-state index in [9.17, 15) is 13.6 Å². The van der Waals surface area contributed by atoms with Gasteiger partial charge in [0.05, 0.1) is 6.54 Å². The summed E-state index contributed by atoms with van der Waals surface area (Å²) < 4.78 is 24.6. The van der Waals surface area contributed by atoms with E-state index < -0.39 is 19.1 Å². The lowest BCUT2D eigenvalue weighted by Crippen LogP contribution is -2.46. The molecule has 1 amide bonds. The van der Waals surface area contributed by atoms with Crippen molar-refractivity contribution in [2.75, 3.05) is 19.6 Å². The summed E-state index contributed by atoms with van der Waals surface area (Å²) in [6.45, 7) is 6.69. The second-order valence-corrected chi connectivity index (χ2v) is 5.39. The first-order valence-corrected chi connectivity index (χ1v) is 5.74. The topological polar surface area (TPSA) is 43.8 Å². The number of halogens is 2. The Morgan fingerprint density at radius 1 is 1.53 bits per heavy atom. The van der Waals surface area contributed by atoms with Crippen molar-refractivity contribution in [2.24, 2.45) is 0 Å². The molecule has 6 heteroatoms. The van der Waals surface area contributed by atoms with Gasteiger partial charge in [-0.05, 0) is 27.2 Å². The molecule has 0 bridgehead atoms. The first-order chi connectivity index (χ1) is 7.71. The first kappa shape index (κ1) is 14.2. The van der Waals surface area contributed by atoms with Gasteiger partial charge in [-0.2, -0.15) is 0 Å². The number of likely N-dealkylation sites (tertiary alicyclic amines) is 1. The van der Waals surface area contributed by atoms with Gasteiger partial charge in [-0.25, -0.2) is 13.6 Å². The van der Waals surface area contributed by atoms with Gasteiger partial charge < -0.3 is 5.11 Å². The number of amides is 1. The minimum atomic E-state index is -2.62. The highest BCUT2D eigenvalue weighted by Crippen LogP contribution is 2.24. The number of hydrogen-bond donors (Lipinski definition) is 1. The largest absolute Gasteiger partial charge is 0.465 e. The van der Waals surface area contributed by atoms with Gasteiger partial charge in [0.2, 0.25) is 0 Å². The molecule has 0 aliphatic carbocycles. The highest BCUT2D eigenvalue weighted by atomic mass is 19.3. The zero-order chi connectivity index (χ0) is 13.2. The summed E-state index contributed by atoms with van der Waals surface area (Å²) in [5.74, 6) is 0. The van der Waals surface area contributed by atoms with Gasteiger partial charge in [-0.15, -0.1) is 0 Å². The van der Waals surface area contributed by atoms with Crippen LogP contribution in [0.3, 0.4) is 0 Å². The van der Waals surface area contributed by atoms with Gasteiger partial charge in [0.1, 0.15) is 0 Å². The van der Waals surface area contributed by atoms with Crippen LogP contribution in [0.1, 0.15) is 27.2 Å². The Hall–Kier alpha value is -0.910. The zero-order valence-corrected chi connectivity index (χ0v) is 10.5. The molecule has 0 unspecified atom stereocenters. The number of rotatable bonds is 3. The van der Waals surface area contributed by atoms with Crippen molar-refractivity contribution in [3.05, 3.63) is 0 Å². The summed E-state index contributed by atoms with van der Waals surface area (Å²) in [6.07, 6.45) is -3.25. The predicted octanol–water partition coefficient (Wildman–Crippen LogP) is 2.10. The normalized spacial score (nSPS) is 22.1. The summed E-state index contributed by atoms with van der Waals surface area (Å²) in [5.41, 5.74) is -0.0518. The molecule has 1 rings (SSSR count). The molecule has 1 atom stereocenters. The molecule has 1 saturated heterocycles. The van der Waals surface area contributed by atoms with Crippen LogP contribution in [0.2, 0.25) is 0 Å². The SMILES string of the molecule is CC(C)(C)N1CC[C@@H](N(CC(F)F)C(=O)O)C1. The van der Waals surface area contributed by atoms with Crippen LogP contribution >= 0.6 is 0 Å². The lowest BCUT2D eigenvalue weighted by Gasteiger charge is -2.33. The van der Waals surface area contributed by atoms with Crippen LogP contribution in [0, 0.1) is 0 Å². The average Bonchev–Trinajstić information content (AvgIpc) is 2.60. The Bertz CT molecular complexity index is 279. The van der Waals surface area contributed by atoms with Crippen molar-refractivity contribution in [3.63, 3.8) is 0 Å². The van der Waals surface area contributed by atoms with E-state index in [0.29, 0.717) is 13.0 Å². The zero-order valence-electron chi connectivity index (χ0n) is 10.5. The highest BCUT2D eigenvalue weighted by molar-refractivity contribution is 5.65. The Morgan fingerprint density at radius 2 is 2.12 bits per heavy atom. The molecule has 0 aromatic carbocycles. The third kappa shape index (κ3) is 3.80. The Balaban J connectivity index is 2.63. The molecule has 1 aliphatic rings. The van der Waals surface area contributed by atoms with Crippen LogP contribution in [0.4, 0.5) is 13.6 Å². The van der Waals surface area contributed by atoms with Crippen LogP contribution in [-0.2, 0) is 0 Å². The Labute approximate surface area is 100 Å². The molecule has 1 fully saturated rings. The fourth-order valence-corrected chi connectivity index (χ4v) is 2.14. The van der Waals surface area contributed by atoms with Crippen molar-refractivity contribution in [1.29, 1.82) is 0 Å². The average molecular weight is 250 g/mol. The Morgan fingerprint density at radius 3 is 2.47 bits per heavy atom. The van der Waals surface area contributed by atoms with E-state index in [-0.39, 0.29) is 11.6 Å². The number of carbonyl (C=O) groups is 1. The fraction of sp³-hybridized carbons (Fsp3) is 0.909. The monoisotopic (exact) mass is 250 g/mol. The summed E-state index contributed by atoms with van der Waals surface area (Å²) in [4.78, 5) is 13.9. The van der Waals surface area contributed by atoms with E-state index in [0.717, 1.165) is 11.4 Å². The third-order valence-electron chi connectivity index (χ3n) is 3.13. The van der Waals surface area contributed by atoms with Crippen LogP contribution < -0.4 is 0 Å². The second kappa shape index (κ2) is 5.16. The van der Waals surface area contributed by atoms with E-state index in [1.807, 2.05) is 20.8 Å². The molecule has 17 heavy (non-hydrogen) atoms. The van der Waals surface area contributed by atoms with Crippen molar-refractivity contribution in [1.82, 2.24) is 9.80 Å². The molecule has 0 aromatic heterocycles. The van der Waals surface area contributed by atoms with Crippen molar-refractivity contribution in [3.8, 4) is 0 Å². The summed E-state index contributed by atoms with van der Waals surface area (Å²) >= 11 is 0. The number of hydrogen-bond acceptors (Lipinski definition) is 2. The maximum atomic E-state index is 12.3. The molecule has 1 N–H and O–H groups in total. The Kier molecular flexibility index (Phi) is 4.30. The molecule has 0 radical (unpaired) electrons. The predicted molar refractivity (Wildman–Crippen MR) is 60.5 cm³/mol. The number of nitrogens with zero attached hydrogens (tertiary/aromatic N) is 2. The molecule has 0 aromatic rings. The van der Waals surface area contributed by atoms with E-state index in [1.54, 1.807) is 0 Å². The van der Waals surface area contributed by atoms with Crippen LogP contribution in [0.5, 0.6) is 0 Å². The van der Waals surface area contributed by atoms with Gasteiger partial charge in [0, 0.05) is 24.7 Å². The van der Waals surface area contributed by atoms with Gasteiger partial charge in [-0.1, -0.05) is 0 Å². The van der Waals surface area contributed by atoms with Gasteiger partial charge >= 0.3 is 6.09 Å². The smallest absolute Gasteiger partial charge is 0.407 e. The molecular weight excluding hydrogens is 230 g/mol. The van der Waals surface area contributed by atoms with Crippen molar-refractivity contribution in [2.45, 2.75) is 45.2 Å². The van der Waals surface area contributed by atoms with Crippen LogP contribution in [0.15, 0.2) is 0 Å². The lowest BCUT2D eigenvalue weighted by atomic mass is 10.1. The number of alkyl halides is 2. The quantitative estimate of drug-likeness (QED) is 0.834. The maximum Gasteiger partial charge on any atom is 0.407 e. The maximum absolute atomic E-state index is 12.3. The van der Waals surface area contributed by atoms with Crippen LogP contribution in [0.25, 0.3) is 0 Å². The summed E-state index contributed by atoms with van der Waals surface area (Å²) in [6, 6.07) is -0.319. The molecule has 4 nitrogen and oxygen atoms in total. The van der Waals surface area contributed by atoms with E-state index in [4.69, 9.17) is 5.11 Å². The molecule has 0 spiro atoms. The lowest BCUT2D eigenvalue weighted by molar-refractivity contribution is 0.0591. The molecular formula is C11H20F2N2O2. The second-order valence-electron chi connectivity index (χ2n) is 5.39. The van der Waals surface area contributed by atoms with Gasteiger partial charge in [0.15, 0.2) is 0 Å². The number of carboxylic acid groups (broad SMARTS) is 1. The molecule has 100 valence electrons. The summed E-state index contributed by atoms with van der Waals surface area (Å²) in [7, 11) is 0. The minimum absolute atomic E-state index is 0.0518. The third-order valence-corrected chi connectivity index (χ3v) is 3.13. The van der Waals surface area contributed by atoms with Crippen molar-refractivity contribution < 1.29 is 18.7 Å². The minimum Gasteiger partial charge on any atom is -0.465 e. The van der Waals surface area contributed by atoms with E-state index >= 15 is 0 Å².